The summed E-state index contributed by atoms with van der Waals surface area (Å²) in [7, 11) is 0. The van der Waals surface area contributed by atoms with Gasteiger partial charge in [-0.15, -0.1) is 6.58 Å². The molecule has 266 valence electrons. The maximum Gasteiger partial charge on any atom is 0.252 e. The zero-order valence-corrected chi connectivity index (χ0v) is 31.1. The molecule has 5 nitrogen and oxygen atoms in total. The van der Waals surface area contributed by atoms with Crippen LogP contribution in [0, 0.1) is 0 Å². The molecule has 56 heavy (non-hydrogen) atoms. The van der Waals surface area contributed by atoms with Crippen molar-refractivity contribution < 1.29 is 0 Å². The van der Waals surface area contributed by atoms with Crippen LogP contribution >= 0.6 is 0 Å². The predicted molar refractivity (Wildman–Crippen MR) is 233 cm³/mol. The highest BCUT2D eigenvalue weighted by molar-refractivity contribution is 7.00. The molecule has 0 spiro atoms. The Bertz CT molecular complexity index is 2710. The number of fused-ring (bicyclic) bond motifs is 4. The number of para-hydroxylation sites is 3. The normalized spacial score (nSPS) is 13.1. The van der Waals surface area contributed by atoms with Crippen molar-refractivity contribution in [2.45, 2.75) is 19.3 Å². The van der Waals surface area contributed by atoms with Gasteiger partial charge in [-0.2, -0.15) is 0 Å². The van der Waals surface area contributed by atoms with Gasteiger partial charge in [0.1, 0.15) is 5.82 Å². The molecule has 1 atom stereocenters. The second-order valence-corrected chi connectivity index (χ2v) is 14.3. The van der Waals surface area contributed by atoms with Crippen LogP contribution in [-0.2, 0) is 0 Å². The first-order valence-corrected chi connectivity index (χ1v) is 19.3. The summed E-state index contributed by atoms with van der Waals surface area (Å²) in [6.45, 7) is 6.30. The molecular weight excluding hydrogens is 681 g/mol. The minimum atomic E-state index is 0.0507. The van der Waals surface area contributed by atoms with Gasteiger partial charge in [0, 0.05) is 51.2 Å². The molecule has 10 rings (SSSR count). The summed E-state index contributed by atoms with van der Waals surface area (Å²) >= 11 is 0. The van der Waals surface area contributed by atoms with Crippen LogP contribution in [0.1, 0.15) is 25.1 Å². The summed E-state index contributed by atoms with van der Waals surface area (Å²) in [5, 5.41) is 0. The molecule has 0 aliphatic carbocycles. The molecular formula is C50H38BN5. The van der Waals surface area contributed by atoms with Gasteiger partial charge in [0.2, 0.25) is 0 Å². The van der Waals surface area contributed by atoms with Crippen molar-refractivity contribution in [3.63, 3.8) is 0 Å². The quantitative estimate of drug-likeness (QED) is 0.116. The van der Waals surface area contributed by atoms with E-state index in [1.54, 1.807) is 0 Å². The number of aromatic nitrogens is 3. The maximum absolute atomic E-state index is 4.93. The Kier molecular flexibility index (Phi) is 8.37. The van der Waals surface area contributed by atoms with Gasteiger partial charge in [0.25, 0.3) is 6.71 Å². The highest BCUT2D eigenvalue weighted by Gasteiger charge is 2.42. The molecule has 0 fully saturated rings. The van der Waals surface area contributed by atoms with E-state index in [1.165, 1.54) is 39.1 Å². The second-order valence-electron chi connectivity index (χ2n) is 14.3. The van der Waals surface area contributed by atoms with Crippen LogP contribution < -0.4 is 26.2 Å². The third kappa shape index (κ3) is 5.61. The van der Waals surface area contributed by atoms with E-state index < -0.39 is 0 Å². The first-order chi connectivity index (χ1) is 27.7. The van der Waals surface area contributed by atoms with Crippen molar-refractivity contribution in [2.75, 3.05) is 9.80 Å². The lowest BCUT2D eigenvalue weighted by molar-refractivity contribution is 0.735. The van der Waals surface area contributed by atoms with E-state index in [0.717, 1.165) is 45.9 Å². The Morgan fingerprint density at radius 1 is 0.482 bits per heavy atom. The summed E-state index contributed by atoms with van der Waals surface area (Å²) in [5.41, 5.74) is 15.2. The monoisotopic (exact) mass is 719 g/mol. The Labute approximate surface area is 328 Å². The zero-order valence-electron chi connectivity index (χ0n) is 31.1. The maximum atomic E-state index is 4.93. The van der Waals surface area contributed by atoms with Gasteiger partial charge in [-0.25, -0.2) is 15.0 Å². The molecule has 0 N–H and O–H groups in total. The lowest BCUT2D eigenvalue weighted by atomic mass is 9.33. The first-order valence-electron chi connectivity index (χ1n) is 19.3. The van der Waals surface area contributed by atoms with Crippen molar-refractivity contribution in [1.29, 1.82) is 0 Å². The Morgan fingerprint density at radius 3 is 1.48 bits per heavy atom. The molecule has 6 heteroatoms. The SMILES string of the molecule is C=CC(CC)c1nc(-c2ccccc2)nc(-c2ccc(-c3ccc(N4c5ccccc5B5c6ccccc6N(c6ccccc6)c6cccc4c65)cc3)cc2)n1. The highest BCUT2D eigenvalue weighted by Crippen LogP contribution is 2.43. The van der Waals surface area contributed by atoms with Gasteiger partial charge in [0.05, 0.1) is 0 Å². The van der Waals surface area contributed by atoms with Crippen molar-refractivity contribution in [3.8, 4) is 33.9 Å². The number of benzene rings is 7. The van der Waals surface area contributed by atoms with Crippen LogP contribution in [0.2, 0.25) is 0 Å². The fourth-order valence-electron chi connectivity index (χ4n) is 8.44. The lowest BCUT2D eigenvalue weighted by Gasteiger charge is -2.44. The minimum absolute atomic E-state index is 0.0507. The van der Waals surface area contributed by atoms with Gasteiger partial charge in [-0.3, -0.25) is 0 Å². The number of hydrogen-bond acceptors (Lipinski definition) is 5. The highest BCUT2D eigenvalue weighted by atomic mass is 15.2. The Morgan fingerprint density at radius 2 is 0.929 bits per heavy atom. The zero-order chi connectivity index (χ0) is 37.6. The molecule has 2 aliphatic rings. The molecule has 8 aromatic rings. The Hall–Kier alpha value is -7.05. The Balaban J connectivity index is 1.02. The van der Waals surface area contributed by atoms with E-state index in [4.69, 9.17) is 15.0 Å². The second kappa shape index (κ2) is 14.0. The number of allylic oxidation sites excluding steroid dienone is 1. The molecule has 0 saturated heterocycles. The summed E-state index contributed by atoms with van der Waals surface area (Å²) < 4.78 is 0. The molecule has 1 unspecified atom stereocenters. The summed E-state index contributed by atoms with van der Waals surface area (Å²) in [5.74, 6) is 2.13. The fraction of sp³-hybridized carbons (Fsp3) is 0.0600. The molecule has 3 heterocycles. The smallest absolute Gasteiger partial charge is 0.252 e. The van der Waals surface area contributed by atoms with Crippen LogP contribution in [-0.4, -0.2) is 21.7 Å². The molecule has 0 radical (unpaired) electrons. The van der Waals surface area contributed by atoms with Gasteiger partial charge in [-0.1, -0.05) is 140 Å². The van der Waals surface area contributed by atoms with Crippen LogP contribution in [0.15, 0.2) is 189 Å². The van der Waals surface area contributed by atoms with Gasteiger partial charge < -0.3 is 9.80 Å². The van der Waals surface area contributed by atoms with Crippen LogP contribution in [0.3, 0.4) is 0 Å². The van der Waals surface area contributed by atoms with Crippen molar-refractivity contribution in [2.24, 2.45) is 0 Å². The van der Waals surface area contributed by atoms with E-state index in [0.29, 0.717) is 11.6 Å². The number of anilines is 6. The first kappa shape index (κ1) is 33.5. The van der Waals surface area contributed by atoms with E-state index in [9.17, 15) is 0 Å². The summed E-state index contributed by atoms with van der Waals surface area (Å²) in [6.07, 6.45) is 2.79. The van der Waals surface area contributed by atoms with Crippen molar-refractivity contribution in [1.82, 2.24) is 15.0 Å². The van der Waals surface area contributed by atoms with Crippen molar-refractivity contribution >= 4 is 57.2 Å². The van der Waals surface area contributed by atoms with E-state index >= 15 is 0 Å². The molecule has 0 saturated carbocycles. The fourth-order valence-corrected chi connectivity index (χ4v) is 8.44. The third-order valence-corrected chi connectivity index (χ3v) is 11.2. The predicted octanol–water partition coefficient (Wildman–Crippen LogP) is 10.6. The largest absolute Gasteiger partial charge is 0.311 e. The van der Waals surface area contributed by atoms with Crippen LogP contribution in [0.25, 0.3) is 33.9 Å². The number of rotatable bonds is 8. The van der Waals surface area contributed by atoms with Gasteiger partial charge in [0.15, 0.2) is 11.6 Å². The van der Waals surface area contributed by atoms with Gasteiger partial charge in [-0.05, 0) is 82.5 Å². The number of hydrogen-bond donors (Lipinski definition) is 0. The van der Waals surface area contributed by atoms with E-state index in [2.05, 4.69) is 169 Å². The molecule has 2 aliphatic heterocycles. The van der Waals surface area contributed by atoms with E-state index in [-0.39, 0.29) is 12.6 Å². The summed E-state index contributed by atoms with van der Waals surface area (Å²) in [6, 6.07) is 62.8. The molecule has 0 bridgehead atoms. The molecule has 1 aromatic heterocycles. The summed E-state index contributed by atoms with van der Waals surface area (Å²) in [4.78, 5) is 19.6. The van der Waals surface area contributed by atoms with Crippen molar-refractivity contribution in [3.05, 3.63) is 194 Å². The average Bonchev–Trinajstić information content (AvgIpc) is 3.27. The third-order valence-electron chi connectivity index (χ3n) is 11.2. The molecule has 0 amide bonds. The standard InChI is InChI=1S/C50H38BN5/c1-3-34(4-2)48-52-49(37-16-7-5-8-17-37)54-50(53-48)38-28-26-35(27-29-38)36-30-32-40(33-31-36)56-44-23-14-12-21-42(44)51-41-20-11-13-22-43(41)55(39-18-9-6-10-19-39)45-24-15-25-46(56)47(45)51/h3,5-34H,1,4H2,2H3. The van der Waals surface area contributed by atoms with Crippen LogP contribution in [0.4, 0.5) is 34.1 Å². The lowest BCUT2D eigenvalue weighted by Crippen LogP contribution is -2.61. The molecule has 7 aromatic carbocycles. The topological polar surface area (TPSA) is 45.2 Å². The van der Waals surface area contributed by atoms with E-state index in [1.807, 2.05) is 36.4 Å². The van der Waals surface area contributed by atoms with Crippen LogP contribution in [0.5, 0.6) is 0 Å². The average molecular weight is 720 g/mol. The minimum Gasteiger partial charge on any atom is -0.311 e. The van der Waals surface area contributed by atoms with Gasteiger partial charge >= 0.3 is 0 Å². The number of nitrogens with zero attached hydrogens (tertiary/aromatic N) is 5.